The normalized spacial score (nSPS) is 20.2. The number of nitro benzene ring substituents is 1. The topological polar surface area (TPSA) is 75.6 Å². The van der Waals surface area contributed by atoms with Gasteiger partial charge in [0, 0.05) is 31.4 Å². The maximum absolute atomic E-state index is 10.8. The van der Waals surface area contributed by atoms with E-state index >= 15 is 0 Å². The van der Waals surface area contributed by atoms with Crippen molar-refractivity contribution in [2.24, 2.45) is 0 Å². The Bertz CT molecular complexity index is 478. The van der Waals surface area contributed by atoms with Crippen molar-refractivity contribution in [1.82, 2.24) is 4.90 Å². The number of nitrogen functional groups attached to an aromatic ring is 1. The maximum Gasteiger partial charge on any atom is 0.292 e. The van der Waals surface area contributed by atoms with Crippen LogP contribution in [0.15, 0.2) is 18.2 Å². The average Bonchev–Trinajstić information content (AvgIpc) is 2.37. The molecule has 1 aromatic rings. The summed E-state index contributed by atoms with van der Waals surface area (Å²) in [7, 11) is 4.13. The third-order valence-electron chi connectivity index (χ3n) is 3.76. The molecule has 6 heteroatoms. The summed E-state index contributed by atoms with van der Waals surface area (Å²) in [6.45, 7) is 2.14. The fraction of sp³-hybridized carbons (Fsp3) is 0.538. The first-order chi connectivity index (χ1) is 8.99. The first kappa shape index (κ1) is 13.6. The lowest BCUT2D eigenvalue weighted by molar-refractivity contribution is -0.383. The summed E-state index contributed by atoms with van der Waals surface area (Å²) in [5.41, 5.74) is 6.86. The van der Waals surface area contributed by atoms with Gasteiger partial charge in [0.15, 0.2) is 0 Å². The largest absolute Gasteiger partial charge is 0.393 e. The van der Waals surface area contributed by atoms with E-state index in [2.05, 4.69) is 16.8 Å². The van der Waals surface area contributed by atoms with E-state index in [1.165, 1.54) is 12.5 Å². The number of nitrogens with zero attached hydrogens (tertiary/aromatic N) is 3. The Labute approximate surface area is 112 Å². The van der Waals surface area contributed by atoms with Crippen LogP contribution < -0.4 is 10.6 Å². The molecular weight excluding hydrogens is 244 g/mol. The molecule has 0 saturated carbocycles. The highest BCUT2D eigenvalue weighted by atomic mass is 16.6. The SMILES string of the molecule is CN1CCCC(N(C)c2ccc([N+](=O)[O-])c(N)c2)C1. The molecule has 0 amide bonds. The number of hydrogen-bond donors (Lipinski definition) is 1. The third kappa shape index (κ3) is 2.96. The first-order valence-corrected chi connectivity index (χ1v) is 6.44. The molecule has 0 aliphatic carbocycles. The molecule has 1 unspecified atom stereocenters. The van der Waals surface area contributed by atoms with Gasteiger partial charge >= 0.3 is 0 Å². The predicted molar refractivity (Wildman–Crippen MR) is 76.4 cm³/mol. The quantitative estimate of drug-likeness (QED) is 0.511. The summed E-state index contributed by atoms with van der Waals surface area (Å²) >= 11 is 0. The molecule has 1 fully saturated rings. The maximum atomic E-state index is 10.8. The van der Waals surface area contributed by atoms with Crippen molar-refractivity contribution in [3.63, 3.8) is 0 Å². The van der Waals surface area contributed by atoms with E-state index in [0.717, 1.165) is 25.2 Å². The Morgan fingerprint density at radius 1 is 1.53 bits per heavy atom. The van der Waals surface area contributed by atoms with Crippen LogP contribution in [0.4, 0.5) is 17.1 Å². The van der Waals surface area contributed by atoms with Gasteiger partial charge in [0.2, 0.25) is 0 Å². The summed E-state index contributed by atoms with van der Waals surface area (Å²) in [6.07, 6.45) is 2.31. The van der Waals surface area contributed by atoms with Crippen molar-refractivity contribution >= 4 is 17.1 Å². The molecule has 1 aromatic carbocycles. The minimum Gasteiger partial charge on any atom is -0.393 e. The fourth-order valence-electron chi connectivity index (χ4n) is 2.59. The van der Waals surface area contributed by atoms with Crippen LogP contribution in [-0.4, -0.2) is 43.0 Å². The van der Waals surface area contributed by atoms with Crippen molar-refractivity contribution in [2.75, 3.05) is 37.8 Å². The lowest BCUT2D eigenvalue weighted by atomic mass is 10.0. The van der Waals surface area contributed by atoms with Crippen LogP contribution in [0.25, 0.3) is 0 Å². The van der Waals surface area contributed by atoms with Gasteiger partial charge in [-0.05, 0) is 38.6 Å². The van der Waals surface area contributed by atoms with Gasteiger partial charge in [-0.2, -0.15) is 0 Å². The zero-order valence-electron chi connectivity index (χ0n) is 11.4. The highest BCUT2D eigenvalue weighted by Crippen LogP contribution is 2.28. The number of nitro groups is 1. The number of anilines is 2. The minimum absolute atomic E-state index is 0.0297. The molecule has 0 spiro atoms. The number of nitrogens with two attached hydrogens (primary N) is 1. The van der Waals surface area contributed by atoms with Crippen molar-refractivity contribution in [3.05, 3.63) is 28.3 Å². The summed E-state index contributed by atoms with van der Waals surface area (Å²) in [5.74, 6) is 0. The van der Waals surface area contributed by atoms with E-state index < -0.39 is 4.92 Å². The van der Waals surface area contributed by atoms with Gasteiger partial charge in [0.25, 0.3) is 5.69 Å². The standard InChI is InChI=1S/C13H20N4O2/c1-15-7-3-4-11(9-15)16(2)10-5-6-13(17(18)19)12(14)8-10/h5-6,8,11H,3-4,7,9,14H2,1-2H3. The van der Waals surface area contributed by atoms with Gasteiger partial charge in [0.1, 0.15) is 5.69 Å². The molecule has 19 heavy (non-hydrogen) atoms. The van der Waals surface area contributed by atoms with Crippen LogP contribution in [0, 0.1) is 10.1 Å². The van der Waals surface area contributed by atoms with E-state index in [9.17, 15) is 10.1 Å². The number of rotatable bonds is 3. The Hall–Kier alpha value is -1.82. The Kier molecular flexibility index (Phi) is 3.90. The van der Waals surface area contributed by atoms with Crippen LogP contribution in [0.5, 0.6) is 0 Å². The second-order valence-corrected chi connectivity index (χ2v) is 5.17. The van der Waals surface area contributed by atoms with Crippen LogP contribution in [0.1, 0.15) is 12.8 Å². The molecule has 1 aliphatic heterocycles. The molecule has 104 valence electrons. The zero-order valence-corrected chi connectivity index (χ0v) is 11.4. The van der Waals surface area contributed by atoms with E-state index in [0.29, 0.717) is 6.04 Å². The molecule has 0 aromatic heterocycles. The molecule has 2 rings (SSSR count). The van der Waals surface area contributed by atoms with Crippen LogP contribution in [0.2, 0.25) is 0 Å². The second-order valence-electron chi connectivity index (χ2n) is 5.17. The minimum atomic E-state index is -0.451. The molecule has 0 bridgehead atoms. The molecule has 1 aliphatic rings. The van der Waals surface area contributed by atoms with Crippen molar-refractivity contribution in [3.8, 4) is 0 Å². The van der Waals surface area contributed by atoms with Crippen LogP contribution in [-0.2, 0) is 0 Å². The lowest BCUT2D eigenvalue weighted by Crippen LogP contribution is -2.45. The Morgan fingerprint density at radius 2 is 2.26 bits per heavy atom. The van der Waals surface area contributed by atoms with Crippen LogP contribution >= 0.6 is 0 Å². The molecule has 1 saturated heterocycles. The highest BCUT2D eigenvalue weighted by Gasteiger charge is 2.22. The molecular formula is C13H20N4O2. The molecule has 1 atom stereocenters. The average molecular weight is 264 g/mol. The van der Waals surface area contributed by atoms with Gasteiger partial charge in [-0.25, -0.2) is 0 Å². The van der Waals surface area contributed by atoms with E-state index in [1.807, 2.05) is 7.05 Å². The summed E-state index contributed by atoms with van der Waals surface area (Å²) < 4.78 is 0. The third-order valence-corrected chi connectivity index (χ3v) is 3.76. The lowest BCUT2D eigenvalue weighted by Gasteiger charge is -2.37. The predicted octanol–water partition coefficient (Wildman–Crippen LogP) is 1.71. The molecule has 6 nitrogen and oxygen atoms in total. The molecule has 1 heterocycles. The van der Waals surface area contributed by atoms with Gasteiger partial charge in [0.05, 0.1) is 4.92 Å². The summed E-state index contributed by atoms with van der Waals surface area (Å²) in [6, 6.07) is 5.36. The van der Waals surface area contributed by atoms with Crippen molar-refractivity contribution < 1.29 is 4.92 Å². The first-order valence-electron chi connectivity index (χ1n) is 6.44. The van der Waals surface area contributed by atoms with E-state index in [4.69, 9.17) is 5.73 Å². The number of hydrogen-bond acceptors (Lipinski definition) is 5. The highest BCUT2D eigenvalue weighted by molar-refractivity contribution is 5.66. The van der Waals surface area contributed by atoms with Crippen molar-refractivity contribution in [1.29, 1.82) is 0 Å². The second kappa shape index (κ2) is 5.44. The van der Waals surface area contributed by atoms with Gasteiger partial charge in [-0.3, -0.25) is 10.1 Å². The van der Waals surface area contributed by atoms with Gasteiger partial charge in [-0.15, -0.1) is 0 Å². The smallest absolute Gasteiger partial charge is 0.292 e. The van der Waals surface area contributed by atoms with E-state index in [-0.39, 0.29) is 11.4 Å². The van der Waals surface area contributed by atoms with Crippen molar-refractivity contribution in [2.45, 2.75) is 18.9 Å². The Balaban J connectivity index is 2.17. The number of likely N-dealkylation sites (tertiary alicyclic amines) is 1. The summed E-state index contributed by atoms with van der Waals surface area (Å²) in [4.78, 5) is 14.8. The molecule has 0 radical (unpaired) electrons. The monoisotopic (exact) mass is 264 g/mol. The summed E-state index contributed by atoms with van der Waals surface area (Å²) in [5, 5.41) is 10.8. The zero-order chi connectivity index (χ0) is 14.0. The number of benzene rings is 1. The van der Waals surface area contributed by atoms with Gasteiger partial charge in [-0.1, -0.05) is 0 Å². The number of piperidine rings is 1. The van der Waals surface area contributed by atoms with Gasteiger partial charge < -0.3 is 15.5 Å². The molecule has 2 N–H and O–H groups in total. The van der Waals surface area contributed by atoms with Crippen LogP contribution in [0.3, 0.4) is 0 Å². The Morgan fingerprint density at radius 3 is 2.84 bits per heavy atom. The number of likely N-dealkylation sites (N-methyl/N-ethyl adjacent to an activating group) is 2. The fourth-order valence-corrected chi connectivity index (χ4v) is 2.59. The van der Waals surface area contributed by atoms with E-state index in [1.54, 1.807) is 12.1 Å².